The summed E-state index contributed by atoms with van der Waals surface area (Å²) in [5.74, 6) is 1.64. The standard InChI is InChI=1S/C26H34N4O3/c1-4-29(5-2)25(31)19-30-23-15-9-8-14-22(23)28-24(30)16-7-6-10-17-27-26(32)20-12-11-13-21(18-20)33-3/h8-9,11-15,18H,4-7,10,16-17,19H2,1-3H3,(H,27,32). The van der Waals surface area contributed by atoms with Gasteiger partial charge in [0.2, 0.25) is 5.91 Å². The van der Waals surface area contributed by atoms with E-state index in [0.29, 0.717) is 37.5 Å². The fourth-order valence-corrected chi connectivity index (χ4v) is 3.96. The average Bonchev–Trinajstić information content (AvgIpc) is 3.19. The predicted octanol–water partition coefficient (Wildman–Crippen LogP) is 4.06. The molecule has 0 saturated carbocycles. The van der Waals surface area contributed by atoms with Crippen LogP contribution in [0.3, 0.4) is 0 Å². The van der Waals surface area contributed by atoms with Gasteiger partial charge in [0, 0.05) is 31.6 Å². The monoisotopic (exact) mass is 450 g/mol. The molecule has 0 aliphatic heterocycles. The smallest absolute Gasteiger partial charge is 0.251 e. The number of fused-ring (bicyclic) bond motifs is 1. The van der Waals surface area contributed by atoms with E-state index >= 15 is 0 Å². The normalized spacial score (nSPS) is 10.9. The first-order chi connectivity index (χ1) is 16.1. The molecule has 2 amide bonds. The zero-order valence-electron chi connectivity index (χ0n) is 19.8. The maximum atomic E-state index is 12.7. The summed E-state index contributed by atoms with van der Waals surface area (Å²) < 4.78 is 7.23. The van der Waals surface area contributed by atoms with Crippen LogP contribution in [0.1, 0.15) is 49.3 Å². The predicted molar refractivity (Wildman–Crippen MR) is 131 cm³/mol. The van der Waals surface area contributed by atoms with E-state index in [1.807, 2.05) is 55.1 Å². The molecule has 3 aromatic rings. The molecule has 1 aromatic heterocycles. The van der Waals surface area contributed by atoms with Crippen LogP contribution >= 0.6 is 0 Å². The van der Waals surface area contributed by atoms with Crippen LogP contribution in [-0.2, 0) is 17.8 Å². The summed E-state index contributed by atoms with van der Waals surface area (Å²) in [6.07, 6.45) is 3.59. The number of imidazole rings is 1. The van der Waals surface area contributed by atoms with Crippen molar-refractivity contribution in [2.75, 3.05) is 26.7 Å². The van der Waals surface area contributed by atoms with Crippen LogP contribution in [0.25, 0.3) is 11.0 Å². The largest absolute Gasteiger partial charge is 0.497 e. The third-order valence-electron chi connectivity index (χ3n) is 5.84. The Labute approximate surface area is 195 Å². The highest BCUT2D eigenvalue weighted by Gasteiger charge is 2.16. The van der Waals surface area contributed by atoms with E-state index in [-0.39, 0.29) is 11.8 Å². The molecule has 2 aromatic carbocycles. The lowest BCUT2D eigenvalue weighted by Gasteiger charge is -2.20. The molecule has 176 valence electrons. The molecule has 0 fully saturated rings. The molecule has 0 unspecified atom stereocenters. The number of rotatable bonds is 12. The minimum atomic E-state index is -0.0920. The number of para-hydroxylation sites is 2. The Morgan fingerprint density at radius 1 is 1.03 bits per heavy atom. The molecular weight excluding hydrogens is 416 g/mol. The number of nitrogens with one attached hydrogen (secondary N) is 1. The zero-order valence-corrected chi connectivity index (χ0v) is 19.8. The Balaban J connectivity index is 1.52. The summed E-state index contributed by atoms with van der Waals surface area (Å²) in [6.45, 7) is 6.35. The summed E-state index contributed by atoms with van der Waals surface area (Å²) in [6, 6.07) is 15.1. The van der Waals surface area contributed by atoms with E-state index in [1.54, 1.807) is 19.2 Å². The van der Waals surface area contributed by atoms with Gasteiger partial charge in [-0.25, -0.2) is 4.98 Å². The Morgan fingerprint density at radius 3 is 2.58 bits per heavy atom. The quantitative estimate of drug-likeness (QED) is 0.422. The third kappa shape index (κ3) is 6.34. The number of likely N-dealkylation sites (N-methyl/N-ethyl adjacent to an activating group) is 1. The molecular formula is C26H34N4O3. The number of methoxy groups -OCH3 is 1. The number of unbranched alkanes of at least 4 members (excludes halogenated alkanes) is 2. The lowest BCUT2D eigenvalue weighted by molar-refractivity contribution is -0.131. The molecule has 7 nitrogen and oxygen atoms in total. The molecule has 0 atom stereocenters. The molecule has 0 aliphatic carbocycles. The fraction of sp³-hybridized carbons (Fsp3) is 0.423. The van der Waals surface area contributed by atoms with Crippen LogP contribution in [-0.4, -0.2) is 53.0 Å². The van der Waals surface area contributed by atoms with E-state index in [0.717, 1.165) is 42.5 Å². The molecule has 0 radical (unpaired) electrons. The molecule has 0 spiro atoms. The van der Waals surface area contributed by atoms with Gasteiger partial charge in [-0.3, -0.25) is 9.59 Å². The van der Waals surface area contributed by atoms with Crippen molar-refractivity contribution in [1.29, 1.82) is 0 Å². The first-order valence-electron chi connectivity index (χ1n) is 11.7. The van der Waals surface area contributed by atoms with Crippen LogP contribution in [0.2, 0.25) is 0 Å². The van der Waals surface area contributed by atoms with Gasteiger partial charge in [0.05, 0.1) is 18.1 Å². The molecule has 3 rings (SSSR count). The minimum absolute atomic E-state index is 0.0920. The summed E-state index contributed by atoms with van der Waals surface area (Å²) in [4.78, 5) is 31.7. The number of benzene rings is 2. The van der Waals surface area contributed by atoms with Crippen molar-refractivity contribution >= 4 is 22.8 Å². The van der Waals surface area contributed by atoms with E-state index in [2.05, 4.69) is 9.88 Å². The number of carbonyl (C=O) groups excluding carboxylic acids is 2. The highest BCUT2D eigenvalue weighted by atomic mass is 16.5. The van der Waals surface area contributed by atoms with Crippen molar-refractivity contribution in [2.45, 2.75) is 46.1 Å². The van der Waals surface area contributed by atoms with Gasteiger partial charge in [0.15, 0.2) is 0 Å². The highest BCUT2D eigenvalue weighted by molar-refractivity contribution is 5.94. The van der Waals surface area contributed by atoms with Crippen molar-refractivity contribution in [2.24, 2.45) is 0 Å². The minimum Gasteiger partial charge on any atom is -0.497 e. The Kier molecular flexibility index (Phi) is 8.87. The van der Waals surface area contributed by atoms with E-state index in [1.165, 1.54) is 0 Å². The maximum Gasteiger partial charge on any atom is 0.251 e. The molecule has 0 bridgehead atoms. The van der Waals surface area contributed by atoms with Gasteiger partial charge in [-0.15, -0.1) is 0 Å². The van der Waals surface area contributed by atoms with E-state index in [9.17, 15) is 9.59 Å². The summed E-state index contributed by atoms with van der Waals surface area (Å²) in [5.41, 5.74) is 2.52. The number of hydrogen-bond acceptors (Lipinski definition) is 4. The average molecular weight is 451 g/mol. The first kappa shape index (κ1) is 24.3. The van der Waals surface area contributed by atoms with Gasteiger partial charge < -0.3 is 19.5 Å². The van der Waals surface area contributed by atoms with Gasteiger partial charge in [0.25, 0.3) is 5.91 Å². The number of carbonyl (C=O) groups is 2. The Bertz CT molecular complexity index is 1070. The van der Waals surface area contributed by atoms with Crippen molar-refractivity contribution < 1.29 is 14.3 Å². The molecule has 0 saturated heterocycles. The lowest BCUT2D eigenvalue weighted by Crippen LogP contribution is -2.33. The van der Waals surface area contributed by atoms with Crippen molar-refractivity contribution in [3.05, 3.63) is 59.9 Å². The highest BCUT2D eigenvalue weighted by Crippen LogP contribution is 2.18. The molecule has 0 aliphatic rings. The summed E-state index contributed by atoms with van der Waals surface area (Å²) >= 11 is 0. The van der Waals surface area contributed by atoms with Gasteiger partial charge in [-0.2, -0.15) is 0 Å². The molecule has 1 N–H and O–H groups in total. The van der Waals surface area contributed by atoms with Crippen molar-refractivity contribution in [3.8, 4) is 5.75 Å². The number of amides is 2. The van der Waals surface area contributed by atoms with Crippen molar-refractivity contribution in [3.63, 3.8) is 0 Å². The number of ether oxygens (including phenoxy) is 1. The topological polar surface area (TPSA) is 76.5 Å². The number of hydrogen-bond donors (Lipinski definition) is 1. The third-order valence-corrected chi connectivity index (χ3v) is 5.84. The van der Waals surface area contributed by atoms with Gasteiger partial charge >= 0.3 is 0 Å². The SMILES string of the molecule is CCN(CC)C(=O)Cn1c(CCCCCNC(=O)c2cccc(OC)c2)nc2ccccc21. The second-order valence-electron chi connectivity index (χ2n) is 7.97. The number of aromatic nitrogens is 2. The first-order valence-corrected chi connectivity index (χ1v) is 11.7. The molecule has 33 heavy (non-hydrogen) atoms. The van der Waals surface area contributed by atoms with Crippen molar-refractivity contribution in [1.82, 2.24) is 19.8 Å². The van der Waals surface area contributed by atoms with Crippen LogP contribution in [0.15, 0.2) is 48.5 Å². The summed E-state index contributed by atoms with van der Waals surface area (Å²) in [7, 11) is 1.59. The summed E-state index contributed by atoms with van der Waals surface area (Å²) in [5, 5.41) is 2.97. The number of aryl methyl sites for hydroxylation is 1. The number of nitrogens with zero attached hydrogens (tertiary/aromatic N) is 3. The van der Waals surface area contributed by atoms with Gasteiger partial charge in [-0.1, -0.05) is 24.6 Å². The van der Waals surface area contributed by atoms with E-state index < -0.39 is 0 Å². The maximum absolute atomic E-state index is 12.7. The van der Waals surface area contributed by atoms with Crippen LogP contribution in [0.4, 0.5) is 0 Å². The lowest BCUT2D eigenvalue weighted by atomic mass is 10.1. The Morgan fingerprint density at radius 2 is 1.82 bits per heavy atom. The Hall–Kier alpha value is -3.35. The second kappa shape index (κ2) is 12.0. The van der Waals surface area contributed by atoms with E-state index in [4.69, 9.17) is 9.72 Å². The molecule has 1 heterocycles. The molecule has 7 heteroatoms. The fourth-order valence-electron chi connectivity index (χ4n) is 3.96. The van der Waals surface area contributed by atoms with Crippen LogP contribution in [0.5, 0.6) is 5.75 Å². The zero-order chi connectivity index (χ0) is 23.6. The van der Waals surface area contributed by atoms with Gasteiger partial charge in [0.1, 0.15) is 18.1 Å². The van der Waals surface area contributed by atoms with Crippen LogP contribution < -0.4 is 10.1 Å². The van der Waals surface area contributed by atoms with Gasteiger partial charge in [-0.05, 0) is 57.0 Å². The van der Waals surface area contributed by atoms with Crippen LogP contribution in [0, 0.1) is 0 Å². The second-order valence-corrected chi connectivity index (χ2v) is 7.97.